The van der Waals surface area contributed by atoms with E-state index in [0.717, 1.165) is 12.8 Å². The number of hydrogen-bond donors (Lipinski definition) is 0. The summed E-state index contributed by atoms with van der Waals surface area (Å²) in [7, 11) is 0. The molecule has 0 aromatic heterocycles. The van der Waals surface area contributed by atoms with Gasteiger partial charge in [-0.15, -0.1) is 0 Å². The van der Waals surface area contributed by atoms with Crippen molar-refractivity contribution in [3.05, 3.63) is 35.1 Å². The van der Waals surface area contributed by atoms with E-state index in [1.54, 1.807) is 18.2 Å². The first-order valence-corrected chi connectivity index (χ1v) is 5.04. The predicted molar refractivity (Wildman–Crippen MR) is 55.7 cm³/mol. The zero-order valence-electron chi connectivity index (χ0n) is 8.79. The van der Waals surface area contributed by atoms with E-state index in [0.29, 0.717) is 12.2 Å². The maximum atomic E-state index is 13.5. The molecule has 0 fully saturated rings. The molecule has 0 spiro atoms. The van der Waals surface area contributed by atoms with Gasteiger partial charge in [-0.2, -0.15) is 5.26 Å². The van der Waals surface area contributed by atoms with Crippen LogP contribution >= 0.6 is 0 Å². The fraction of sp³-hybridized carbons (Fsp3) is 0.417. The predicted octanol–water partition coefficient (Wildman–Crippen LogP) is 3.01. The van der Waals surface area contributed by atoms with Crippen LogP contribution in [0.2, 0.25) is 0 Å². The van der Waals surface area contributed by atoms with Gasteiger partial charge in [-0.25, -0.2) is 4.39 Å². The number of unbranched alkanes of at least 4 members (excludes halogenated alkanes) is 1. The molecule has 0 heterocycles. The first kappa shape index (κ1) is 11.7. The van der Waals surface area contributed by atoms with Crippen LogP contribution in [0.25, 0.3) is 0 Å². The lowest BCUT2D eigenvalue weighted by Crippen LogP contribution is -1.99. The van der Waals surface area contributed by atoms with Crippen LogP contribution in [0.4, 0.5) is 4.39 Å². The number of halogens is 1. The molecule has 0 unspecified atom stereocenters. The van der Waals surface area contributed by atoms with Crippen molar-refractivity contribution < 1.29 is 9.13 Å². The molecular formula is C12H14FNO. The van der Waals surface area contributed by atoms with E-state index in [4.69, 9.17) is 10.00 Å². The smallest absolute Gasteiger partial charge is 0.146 e. The van der Waals surface area contributed by atoms with Gasteiger partial charge in [0.25, 0.3) is 0 Å². The first-order valence-electron chi connectivity index (χ1n) is 5.04. The zero-order valence-corrected chi connectivity index (χ0v) is 8.79. The number of nitrogens with zero attached hydrogens (tertiary/aromatic N) is 1. The molecule has 0 radical (unpaired) electrons. The summed E-state index contributed by atoms with van der Waals surface area (Å²) in [5.74, 6) is -0.462. The second-order valence-electron chi connectivity index (χ2n) is 3.30. The summed E-state index contributed by atoms with van der Waals surface area (Å²) >= 11 is 0. The van der Waals surface area contributed by atoms with Gasteiger partial charge in [-0.3, -0.25) is 0 Å². The molecule has 0 aliphatic rings. The Balaban J connectivity index is 2.58. The Morgan fingerprint density at radius 2 is 2.27 bits per heavy atom. The number of ether oxygens (including phenoxy) is 1. The van der Waals surface area contributed by atoms with Gasteiger partial charge in [0.2, 0.25) is 0 Å². The summed E-state index contributed by atoms with van der Waals surface area (Å²) < 4.78 is 18.8. The summed E-state index contributed by atoms with van der Waals surface area (Å²) in [6, 6.07) is 6.58. The van der Waals surface area contributed by atoms with Gasteiger partial charge in [0.1, 0.15) is 11.9 Å². The minimum Gasteiger partial charge on any atom is -0.377 e. The molecule has 80 valence electrons. The quantitative estimate of drug-likeness (QED) is 0.695. The first-order chi connectivity index (χ1) is 7.29. The molecule has 0 aliphatic heterocycles. The molecule has 0 bridgehead atoms. The van der Waals surface area contributed by atoms with Crippen LogP contribution in [0.15, 0.2) is 18.2 Å². The van der Waals surface area contributed by atoms with Gasteiger partial charge in [-0.05, 0) is 12.5 Å². The Kier molecular flexibility index (Phi) is 4.79. The highest BCUT2D eigenvalue weighted by molar-refractivity contribution is 5.34. The highest BCUT2D eigenvalue weighted by atomic mass is 19.1. The Hall–Kier alpha value is -1.40. The lowest BCUT2D eigenvalue weighted by atomic mass is 10.1. The number of hydrogen-bond acceptors (Lipinski definition) is 2. The fourth-order valence-electron chi connectivity index (χ4n) is 1.21. The molecule has 2 nitrogen and oxygen atoms in total. The molecule has 0 N–H and O–H groups in total. The fourth-order valence-corrected chi connectivity index (χ4v) is 1.21. The average Bonchev–Trinajstić information content (AvgIpc) is 2.26. The van der Waals surface area contributed by atoms with E-state index in [1.165, 1.54) is 6.07 Å². The van der Waals surface area contributed by atoms with Crippen molar-refractivity contribution in [2.75, 3.05) is 6.61 Å². The minimum absolute atomic E-state index is 0.0755. The van der Waals surface area contributed by atoms with Crippen molar-refractivity contribution >= 4 is 0 Å². The van der Waals surface area contributed by atoms with Crippen molar-refractivity contribution in [2.45, 2.75) is 26.4 Å². The van der Waals surface area contributed by atoms with Gasteiger partial charge in [0.15, 0.2) is 0 Å². The van der Waals surface area contributed by atoms with Crippen LogP contribution in [0.1, 0.15) is 30.9 Å². The van der Waals surface area contributed by atoms with Crippen LogP contribution in [0, 0.1) is 17.1 Å². The normalized spacial score (nSPS) is 9.93. The minimum atomic E-state index is -0.462. The molecule has 1 aromatic rings. The van der Waals surface area contributed by atoms with Crippen molar-refractivity contribution in [3.8, 4) is 6.07 Å². The molecule has 15 heavy (non-hydrogen) atoms. The third kappa shape index (κ3) is 3.34. The molecule has 0 aliphatic carbocycles. The van der Waals surface area contributed by atoms with E-state index in [2.05, 4.69) is 6.92 Å². The van der Waals surface area contributed by atoms with Gasteiger partial charge < -0.3 is 4.74 Å². The molecule has 1 rings (SSSR count). The largest absolute Gasteiger partial charge is 0.377 e. The van der Waals surface area contributed by atoms with Gasteiger partial charge in [-0.1, -0.05) is 25.5 Å². The van der Waals surface area contributed by atoms with E-state index < -0.39 is 5.82 Å². The summed E-state index contributed by atoms with van der Waals surface area (Å²) in [4.78, 5) is 0. The molecule has 0 atom stereocenters. The topological polar surface area (TPSA) is 33.0 Å². The number of nitriles is 1. The monoisotopic (exact) mass is 207 g/mol. The van der Waals surface area contributed by atoms with Crippen LogP contribution in [-0.4, -0.2) is 6.61 Å². The Morgan fingerprint density at radius 3 is 2.93 bits per heavy atom. The third-order valence-electron chi connectivity index (χ3n) is 2.10. The highest BCUT2D eigenvalue weighted by Crippen LogP contribution is 2.13. The summed E-state index contributed by atoms with van der Waals surface area (Å²) in [5, 5.41) is 8.62. The van der Waals surface area contributed by atoms with E-state index in [1.807, 2.05) is 0 Å². The molecule has 1 aromatic carbocycles. The van der Waals surface area contributed by atoms with Crippen LogP contribution in [0.5, 0.6) is 0 Å². The Labute approximate surface area is 89.3 Å². The molecule has 0 amide bonds. The van der Waals surface area contributed by atoms with Gasteiger partial charge in [0.05, 0.1) is 12.2 Å². The SMILES string of the molecule is CCCCOCc1cccc(C#N)c1F. The lowest BCUT2D eigenvalue weighted by Gasteiger charge is -2.05. The van der Waals surface area contributed by atoms with Crippen molar-refractivity contribution in [1.82, 2.24) is 0 Å². The van der Waals surface area contributed by atoms with E-state index >= 15 is 0 Å². The summed E-state index contributed by atoms with van der Waals surface area (Å²) in [5.41, 5.74) is 0.525. The average molecular weight is 207 g/mol. The van der Waals surface area contributed by atoms with Crippen LogP contribution < -0.4 is 0 Å². The van der Waals surface area contributed by atoms with E-state index in [9.17, 15) is 4.39 Å². The zero-order chi connectivity index (χ0) is 11.1. The molecule has 3 heteroatoms. The Morgan fingerprint density at radius 1 is 1.47 bits per heavy atom. The molecule has 0 saturated carbocycles. The van der Waals surface area contributed by atoms with Gasteiger partial charge >= 0.3 is 0 Å². The summed E-state index contributed by atoms with van der Waals surface area (Å²) in [6.07, 6.45) is 2.03. The van der Waals surface area contributed by atoms with Crippen molar-refractivity contribution in [2.24, 2.45) is 0 Å². The van der Waals surface area contributed by atoms with Crippen LogP contribution in [-0.2, 0) is 11.3 Å². The van der Waals surface area contributed by atoms with Gasteiger partial charge in [0, 0.05) is 12.2 Å². The lowest BCUT2D eigenvalue weighted by molar-refractivity contribution is 0.115. The summed E-state index contributed by atoms with van der Waals surface area (Å²) in [6.45, 7) is 2.94. The maximum absolute atomic E-state index is 13.5. The highest BCUT2D eigenvalue weighted by Gasteiger charge is 2.06. The maximum Gasteiger partial charge on any atom is 0.146 e. The molecular weight excluding hydrogens is 193 g/mol. The van der Waals surface area contributed by atoms with Crippen molar-refractivity contribution in [3.63, 3.8) is 0 Å². The van der Waals surface area contributed by atoms with Crippen molar-refractivity contribution in [1.29, 1.82) is 5.26 Å². The number of benzene rings is 1. The van der Waals surface area contributed by atoms with E-state index in [-0.39, 0.29) is 12.2 Å². The van der Waals surface area contributed by atoms with Crippen LogP contribution in [0.3, 0.4) is 0 Å². The Bertz CT molecular complexity index is 357. The number of rotatable bonds is 5. The second-order valence-corrected chi connectivity index (χ2v) is 3.30. The molecule has 0 saturated heterocycles. The third-order valence-corrected chi connectivity index (χ3v) is 2.10. The standard InChI is InChI=1S/C12H14FNO/c1-2-3-7-15-9-11-6-4-5-10(8-14)12(11)13/h4-6H,2-3,7,9H2,1H3. The second kappa shape index (κ2) is 6.15.